The first kappa shape index (κ1) is 15.5. The number of rotatable bonds is 3. The average molecular weight is 374 g/mol. The van der Waals surface area contributed by atoms with E-state index in [1.165, 1.54) is 25.7 Å². The van der Waals surface area contributed by atoms with Crippen molar-refractivity contribution >= 4 is 27.5 Å². The molecule has 116 valence electrons. The Morgan fingerprint density at radius 2 is 1.76 bits per heavy atom. The van der Waals surface area contributed by atoms with Gasteiger partial charge in [0, 0.05) is 10.9 Å². The number of hydrogen-bond acceptors (Lipinski definition) is 2. The lowest BCUT2D eigenvalue weighted by atomic mass is 9.77. The summed E-state index contributed by atoms with van der Waals surface area (Å²) in [7, 11) is 0. The van der Waals surface area contributed by atoms with E-state index in [0.717, 1.165) is 34.4 Å². The zero-order valence-electron chi connectivity index (χ0n) is 12.5. The maximum atomic E-state index is 6.93. The highest BCUT2D eigenvalue weighted by Crippen LogP contribution is 2.55. The molecule has 0 radical (unpaired) electrons. The fourth-order valence-electron chi connectivity index (χ4n) is 3.59. The van der Waals surface area contributed by atoms with Gasteiger partial charge in [-0.05, 0) is 42.4 Å². The normalized spacial score (nSPS) is 21.9. The van der Waals surface area contributed by atoms with Crippen molar-refractivity contribution in [2.75, 3.05) is 13.2 Å². The first-order valence-corrected chi connectivity index (χ1v) is 9.12. The molecule has 1 aliphatic carbocycles. The van der Waals surface area contributed by atoms with Gasteiger partial charge >= 0.3 is 0 Å². The molecule has 1 saturated carbocycles. The Hall–Kier alpha value is -0.410. The maximum Gasteiger partial charge on any atom is 0.162 e. The molecule has 1 fully saturated rings. The van der Waals surface area contributed by atoms with Crippen molar-refractivity contribution in [3.05, 3.63) is 22.2 Å². The molecule has 1 aromatic rings. The number of halogens is 2. The number of hydrogen-bond donors (Lipinski definition) is 0. The van der Waals surface area contributed by atoms with Crippen LogP contribution in [0, 0.1) is 5.41 Å². The number of benzene rings is 1. The smallest absolute Gasteiger partial charge is 0.162 e. The van der Waals surface area contributed by atoms with E-state index in [9.17, 15) is 0 Å². The van der Waals surface area contributed by atoms with E-state index in [1.807, 2.05) is 6.07 Å². The summed E-state index contributed by atoms with van der Waals surface area (Å²) in [6.07, 6.45) is 7.07. The molecule has 0 amide bonds. The summed E-state index contributed by atoms with van der Waals surface area (Å²) < 4.78 is 12.6. The zero-order valence-corrected chi connectivity index (χ0v) is 14.8. The van der Waals surface area contributed by atoms with Crippen LogP contribution in [0.4, 0.5) is 0 Å². The van der Waals surface area contributed by atoms with Gasteiger partial charge in [-0.3, -0.25) is 0 Å². The van der Waals surface area contributed by atoms with Gasteiger partial charge in [-0.15, -0.1) is 11.6 Å². The second-order valence-corrected chi connectivity index (χ2v) is 7.45. The molecule has 0 bridgehead atoms. The molecule has 1 atom stereocenters. The van der Waals surface area contributed by atoms with Crippen molar-refractivity contribution in [2.24, 2.45) is 5.41 Å². The van der Waals surface area contributed by atoms with Crippen LogP contribution in [0.1, 0.15) is 56.4 Å². The third-order valence-electron chi connectivity index (χ3n) is 4.98. The third-order valence-corrected chi connectivity index (χ3v) is 6.37. The van der Waals surface area contributed by atoms with E-state index in [4.69, 9.17) is 21.1 Å². The molecule has 1 aliphatic heterocycles. The van der Waals surface area contributed by atoms with Crippen LogP contribution in [0.2, 0.25) is 0 Å². The summed E-state index contributed by atoms with van der Waals surface area (Å²) in [5, 5.41) is 0.0246. The van der Waals surface area contributed by atoms with Gasteiger partial charge in [0.15, 0.2) is 11.5 Å². The van der Waals surface area contributed by atoms with E-state index in [-0.39, 0.29) is 10.8 Å². The van der Waals surface area contributed by atoms with Gasteiger partial charge in [0.05, 0.1) is 18.6 Å². The Labute approximate surface area is 140 Å². The molecule has 21 heavy (non-hydrogen) atoms. The highest BCUT2D eigenvalue weighted by Gasteiger charge is 2.40. The zero-order chi connectivity index (χ0) is 14.9. The molecule has 2 nitrogen and oxygen atoms in total. The van der Waals surface area contributed by atoms with E-state index >= 15 is 0 Å². The van der Waals surface area contributed by atoms with Crippen LogP contribution in [0.15, 0.2) is 16.6 Å². The lowest BCUT2D eigenvalue weighted by Crippen LogP contribution is -2.22. The summed E-state index contributed by atoms with van der Waals surface area (Å²) >= 11 is 10.6. The van der Waals surface area contributed by atoms with Crippen molar-refractivity contribution in [3.63, 3.8) is 0 Å². The molecule has 1 aromatic carbocycles. The highest BCUT2D eigenvalue weighted by atomic mass is 79.9. The second kappa shape index (κ2) is 6.37. The molecule has 0 aromatic heterocycles. The van der Waals surface area contributed by atoms with Gasteiger partial charge in [0.1, 0.15) is 0 Å². The SMILES string of the molecule is CCC1(C(Cl)c2cc3c(cc2Br)OCCCO3)CCCC1. The Morgan fingerprint density at radius 3 is 2.38 bits per heavy atom. The van der Waals surface area contributed by atoms with E-state index in [0.29, 0.717) is 13.2 Å². The van der Waals surface area contributed by atoms with Crippen molar-refractivity contribution < 1.29 is 9.47 Å². The molecule has 4 heteroatoms. The Bertz CT molecular complexity index is 512. The quantitative estimate of drug-likeness (QED) is 0.618. The summed E-state index contributed by atoms with van der Waals surface area (Å²) in [5.41, 5.74) is 1.37. The fourth-order valence-corrected chi connectivity index (χ4v) is 4.83. The van der Waals surface area contributed by atoms with E-state index in [1.54, 1.807) is 0 Å². The van der Waals surface area contributed by atoms with Crippen LogP contribution >= 0.6 is 27.5 Å². The fraction of sp³-hybridized carbons (Fsp3) is 0.647. The Kier molecular flexibility index (Phi) is 4.70. The first-order valence-electron chi connectivity index (χ1n) is 7.89. The van der Waals surface area contributed by atoms with Gasteiger partial charge < -0.3 is 9.47 Å². The Morgan fingerprint density at radius 1 is 1.14 bits per heavy atom. The molecule has 2 aliphatic rings. The monoisotopic (exact) mass is 372 g/mol. The summed E-state index contributed by atoms with van der Waals surface area (Å²) in [5.74, 6) is 1.66. The average Bonchev–Trinajstić information content (AvgIpc) is 2.87. The van der Waals surface area contributed by atoms with E-state index in [2.05, 4.69) is 28.9 Å². The van der Waals surface area contributed by atoms with Crippen molar-refractivity contribution in [2.45, 2.75) is 50.8 Å². The first-order chi connectivity index (χ1) is 10.2. The predicted octanol–water partition coefficient (Wildman–Crippen LogP) is 5.86. The predicted molar refractivity (Wildman–Crippen MR) is 89.5 cm³/mol. The van der Waals surface area contributed by atoms with Crippen LogP contribution in [0.3, 0.4) is 0 Å². The number of ether oxygens (including phenoxy) is 2. The maximum absolute atomic E-state index is 6.93. The van der Waals surface area contributed by atoms with Crippen LogP contribution in [0.5, 0.6) is 11.5 Å². The van der Waals surface area contributed by atoms with E-state index < -0.39 is 0 Å². The van der Waals surface area contributed by atoms with Gasteiger partial charge in [-0.25, -0.2) is 0 Å². The molecule has 1 heterocycles. The summed E-state index contributed by atoms with van der Waals surface area (Å²) in [6.45, 7) is 3.68. The Balaban J connectivity index is 1.96. The summed E-state index contributed by atoms with van der Waals surface area (Å²) in [4.78, 5) is 0. The minimum atomic E-state index is 0.0246. The molecular formula is C17H22BrClO2. The van der Waals surface area contributed by atoms with Gasteiger partial charge in [-0.2, -0.15) is 0 Å². The molecule has 0 saturated heterocycles. The lowest BCUT2D eigenvalue weighted by Gasteiger charge is -2.34. The topological polar surface area (TPSA) is 18.5 Å². The highest BCUT2D eigenvalue weighted by molar-refractivity contribution is 9.10. The van der Waals surface area contributed by atoms with Crippen molar-refractivity contribution in [1.82, 2.24) is 0 Å². The molecular weight excluding hydrogens is 352 g/mol. The van der Waals surface area contributed by atoms with Gasteiger partial charge in [-0.1, -0.05) is 35.7 Å². The van der Waals surface area contributed by atoms with Crippen LogP contribution in [-0.2, 0) is 0 Å². The van der Waals surface area contributed by atoms with Crippen molar-refractivity contribution in [3.8, 4) is 11.5 Å². The molecule has 3 rings (SSSR count). The van der Waals surface area contributed by atoms with Crippen LogP contribution in [-0.4, -0.2) is 13.2 Å². The minimum absolute atomic E-state index is 0.0246. The second-order valence-electron chi connectivity index (χ2n) is 6.16. The lowest BCUT2D eigenvalue weighted by molar-refractivity contribution is 0.269. The number of fused-ring (bicyclic) bond motifs is 1. The molecule has 0 spiro atoms. The largest absolute Gasteiger partial charge is 0.490 e. The third kappa shape index (κ3) is 2.92. The van der Waals surface area contributed by atoms with Gasteiger partial charge in [0.25, 0.3) is 0 Å². The molecule has 0 N–H and O–H groups in total. The molecule has 1 unspecified atom stereocenters. The standard InChI is InChI=1S/C17H22BrClO2/c1-2-17(6-3-4-7-17)16(19)12-10-14-15(11-13(12)18)21-9-5-8-20-14/h10-11,16H,2-9H2,1H3. The minimum Gasteiger partial charge on any atom is -0.490 e. The van der Waals surface area contributed by atoms with Crippen molar-refractivity contribution in [1.29, 1.82) is 0 Å². The van der Waals surface area contributed by atoms with Crippen LogP contribution in [0.25, 0.3) is 0 Å². The van der Waals surface area contributed by atoms with Gasteiger partial charge in [0.2, 0.25) is 0 Å². The summed E-state index contributed by atoms with van der Waals surface area (Å²) in [6, 6.07) is 4.10. The van der Waals surface area contributed by atoms with Crippen LogP contribution < -0.4 is 9.47 Å². The number of alkyl halides is 1.